The van der Waals surface area contributed by atoms with Gasteiger partial charge in [-0.2, -0.15) is 0 Å². The van der Waals surface area contributed by atoms with E-state index >= 15 is 0 Å². The van der Waals surface area contributed by atoms with Crippen LogP contribution in [0.15, 0.2) is 34.3 Å². The molecule has 0 bridgehead atoms. The second kappa shape index (κ2) is 6.97. The number of allylic oxidation sites excluding steroid dienone is 4. The summed E-state index contributed by atoms with van der Waals surface area (Å²) in [6.45, 7) is 4.30. The van der Waals surface area contributed by atoms with Crippen LogP contribution in [-0.2, 0) is 0 Å². The van der Waals surface area contributed by atoms with Gasteiger partial charge in [-0.15, -0.1) is 12.6 Å². The predicted octanol–water partition coefficient (Wildman–Crippen LogP) is 3.98. The molecule has 0 aromatic heterocycles. The van der Waals surface area contributed by atoms with Gasteiger partial charge in [0.05, 0.1) is 0 Å². The second-order valence-electron chi connectivity index (χ2n) is 4.25. The third kappa shape index (κ3) is 3.84. The molecular formula is C14H23NS. The summed E-state index contributed by atoms with van der Waals surface area (Å²) in [5, 5.41) is 0. The second-order valence-corrected chi connectivity index (χ2v) is 4.79. The molecule has 1 unspecified atom stereocenters. The normalized spacial score (nSPS) is 23.2. The minimum Gasteiger partial charge on any atom is -0.324 e. The lowest BCUT2D eigenvalue weighted by atomic mass is 9.94. The molecule has 0 radical (unpaired) electrons. The number of rotatable bonds is 4. The number of hydrogen-bond acceptors (Lipinski definition) is 2. The molecule has 0 saturated heterocycles. The van der Waals surface area contributed by atoms with Crippen LogP contribution < -0.4 is 5.73 Å². The summed E-state index contributed by atoms with van der Waals surface area (Å²) in [6.07, 6.45) is 12.2. The van der Waals surface area contributed by atoms with Crippen molar-refractivity contribution in [3.63, 3.8) is 0 Å². The van der Waals surface area contributed by atoms with E-state index in [4.69, 9.17) is 5.73 Å². The van der Waals surface area contributed by atoms with Crippen molar-refractivity contribution in [3.05, 3.63) is 34.3 Å². The summed E-state index contributed by atoms with van der Waals surface area (Å²) >= 11 is 4.50. The Morgan fingerprint density at radius 1 is 1.50 bits per heavy atom. The molecule has 0 heterocycles. The van der Waals surface area contributed by atoms with Crippen molar-refractivity contribution in [3.8, 4) is 0 Å². The molecule has 0 amide bonds. The van der Waals surface area contributed by atoms with Crippen molar-refractivity contribution in [1.29, 1.82) is 0 Å². The first-order chi connectivity index (χ1) is 7.69. The lowest BCUT2D eigenvalue weighted by Crippen LogP contribution is -2.23. The summed E-state index contributed by atoms with van der Waals surface area (Å²) in [7, 11) is 0. The first-order valence-electron chi connectivity index (χ1n) is 6.23. The molecule has 90 valence electrons. The fraction of sp³-hybridized carbons (Fsp3) is 0.571. The fourth-order valence-electron chi connectivity index (χ4n) is 1.96. The van der Waals surface area contributed by atoms with Gasteiger partial charge in [-0.3, -0.25) is 0 Å². The first kappa shape index (κ1) is 13.6. The van der Waals surface area contributed by atoms with Crippen molar-refractivity contribution in [1.82, 2.24) is 0 Å². The van der Waals surface area contributed by atoms with E-state index < -0.39 is 0 Å². The topological polar surface area (TPSA) is 26.0 Å². The molecular weight excluding hydrogens is 214 g/mol. The van der Waals surface area contributed by atoms with Crippen LogP contribution in [0.25, 0.3) is 0 Å². The highest BCUT2D eigenvalue weighted by atomic mass is 32.1. The summed E-state index contributed by atoms with van der Waals surface area (Å²) in [4.78, 5) is 1.18. The van der Waals surface area contributed by atoms with Gasteiger partial charge in [-0.25, -0.2) is 0 Å². The lowest BCUT2D eigenvalue weighted by Gasteiger charge is -2.17. The fourth-order valence-corrected chi connectivity index (χ4v) is 2.19. The van der Waals surface area contributed by atoms with E-state index in [0.717, 1.165) is 19.3 Å². The van der Waals surface area contributed by atoms with Crippen LogP contribution in [0.4, 0.5) is 0 Å². The van der Waals surface area contributed by atoms with Gasteiger partial charge < -0.3 is 5.73 Å². The Hall–Kier alpha value is -0.470. The average Bonchev–Trinajstić information content (AvgIpc) is 2.31. The van der Waals surface area contributed by atoms with E-state index in [1.165, 1.54) is 28.9 Å². The van der Waals surface area contributed by atoms with E-state index in [2.05, 4.69) is 44.7 Å². The minimum atomic E-state index is 0.230. The van der Waals surface area contributed by atoms with Crippen molar-refractivity contribution < 1.29 is 0 Å². The van der Waals surface area contributed by atoms with Gasteiger partial charge in [0.1, 0.15) is 0 Å². The molecule has 2 heteroatoms. The molecule has 0 fully saturated rings. The monoisotopic (exact) mass is 237 g/mol. The van der Waals surface area contributed by atoms with E-state index in [1.807, 2.05) is 0 Å². The van der Waals surface area contributed by atoms with E-state index in [0.29, 0.717) is 0 Å². The van der Waals surface area contributed by atoms with Crippen molar-refractivity contribution >= 4 is 12.6 Å². The van der Waals surface area contributed by atoms with Gasteiger partial charge in [-0.1, -0.05) is 32.1 Å². The van der Waals surface area contributed by atoms with Crippen LogP contribution in [0.1, 0.15) is 46.0 Å². The Labute approximate surface area is 105 Å². The molecule has 0 saturated carbocycles. The molecule has 0 aliphatic heterocycles. The van der Waals surface area contributed by atoms with Crippen LogP contribution in [0.2, 0.25) is 0 Å². The molecule has 1 atom stereocenters. The van der Waals surface area contributed by atoms with Gasteiger partial charge in [0.15, 0.2) is 0 Å². The van der Waals surface area contributed by atoms with E-state index in [-0.39, 0.29) is 6.04 Å². The van der Waals surface area contributed by atoms with Crippen LogP contribution >= 0.6 is 12.6 Å². The molecule has 16 heavy (non-hydrogen) atoms. The van der Waals surface area contributed by atoms with Crippen molar-refractivity contribution in [2.45, 2.75) is 52.0 Å². The molecule has 1 aliphatic carbocycles. The smallest absolute Gasteiger partial charge is 0.0291 e. The van der Waals surface area contributed by atoms with Crippen molar-refractivity contribution in [2.75, 3.05) is 0 Å². The summed E-state index contributed by atoms with van der Waals surface area (Å²) < 4.78 is 0. The number of thiol groups is 1. The molecule has 1 aliphatic rings. The van der Waals surface area contributed by atoms with E-state index in [1.54, 1.807) is 0 Å². The maximum absolute atomic E-state index is 6.06. The molecule has 1 rings (SSSR count). The van der Waals surface area contributed by atoms with E-state index in [9.17, 15) is 0 Å². The Morgan fingerprint density at radius 3 is 2.81 bits per heavy atom. The molecule has 1 nitrogen and oxygen atoms in total. The van der Waals surface area contributed by atoms with Crippen LogP contribution in [0.3, 0.4) is 0 Å². The van der Waals surface area contributed by atoms with Crippen LogP contribution in [-0.4, -0.2) is 6.04 Å². The van der Waals surface area contributed by atoms with Gasteiger partial charge in [-0.05, 0) is 48.2 Å². The first-order valence-corrected chi connectivity index (χ1v) is 6.68. The van der Waals surface area contributed by atoms with Gasteiger partial charge in [0, 0.05) is 6.04 Å². The zero-order valence-corrected chi connectivity index (χ0v) is 11.3. The SMILES string of the molecule is CC/C(S)=C(/C=C/C1=CCCCC1N)CC. The summed E-state index contributed by atoms with van der Waals surface area (Å²) in [5.74, 6) is 0. The Balaban J connectivity index is 2.75. The Bertz CT molecular complexity index is 313. The number of nitrogens with two attached hydrogens (primary N) is 1. The maximum Gasteiger partial charge on any atom is 0.0291 e. The zero-order chi connectivity index (χ0) is 12.0. The van der Waals surface area contributed by atoms with Gasteiger partial charge >= 0.3 is 0 Å². The average molecular weight is 237 g/mol. The van der Waals surface area contributed by atoms with Crippen LogP contribution in [0, 0.1) is 0 Å². The third-order valence-electron chi connectivity index (χ3n) is 3.09. The molecule has 0 aromatic rings. The summed E-state index contributed by atoms with van der Waals surface area (Å²) in [5.41, 5.74) is 8.67. The highest BCUT2D eigenvalue weighted by Crippen LogP contribution is 2.21. The molecule has 0 spiro atoms. The lowest BCUT2D eigenvalue weighted by molar-refractivity contribution is 0.625. The quantitative estimate of drug-likeness (QED) is 0.561. The minimum absolute atomic E-state index is 0.230. The van der Waals surface area contributed by atoms with Gasteiger partial charge in [0.2, 0.25) is 0 Å². The summed E-state index contributed by atoms with van der Waals surface area (Å²) in [6, 6.07) is 0.230. The maximum atomic E-state index is 6.06. The zero-order valence-electron chi connectivity index (χ0n) is 10.4. The molecule has 2 N–H and O–H groups in total. The Kier molecular flexibility index (Phi) is 5.93. The number of hydrogen-bond donors (Lipinski definition) is 2. The predicted molar refractivity (Wildman–Crippen MR) is 75.6 cm³/mol. The van der Waals surface area contributed by atoms with Crippen molar-refractivity contribution in [2.24, 2.45) is 5.73 Å². The van der Waals surface area contributed by atoms with Crippen LogP contribution in [0.5, 0.6) is 0 Å². The third-order valence-corrected chi connectivity index (χ3v) is 3.69. The van der Waals surface area contributed by atoms with Gasteiger partial charge in [0.25, 0.3) is 0 Å². The molecule has 0 aromatic carbocycles. The Morgan fingerprint density at radius 2 is 2.25 bits per heavy atom. The highest BCUT2D eigenvalue weighted by molar-refractivity contribution is 7.84. The highest BCUT2D eigenvalue weighted by Gasteiger charge is 2.10. The standard InChI is InChI=1S/C14H23NS/c1-3-11(14(16)4-2)9-10-12-7-5-6-8-13(12)15/h7,9-10,13,16H,3-6,8,15H2,1-2H3/b10-9+,14-11-. The largest absolute Gasteiger partial charge is 0.324 e.